The summed E-state index contributed by atoms with van der Waals surface area (Å²) in [5, 5.41) is 11.7. The van der Waals surface area contributed by atoms with Crippen molar-refractivity contribution in [1.82, 2.24) is 19.9 Å². The number of fused-ring (bicyclic) bond motifs is 1. The molecule has 1 atom stereocenters. The zero-order valence-electron chi connectivity index (χ0n) is 15.8. The lowest BCUT2D eigenvalue weighted by Crippen LogP contribution is -2.31. The first-order chi connectivity index (χ1) is 13.1. The number of methoxy groups -OCH3 is 1. The number of ether oxygens (including phenoxy) is 1. The summed E-state index contributed by atoms with van der Waals surface area (Å²) in [5.74, 6) is 2.43. The van der Waals surface area contributed by atoms with Crippen LogP contribution in [0.5, 0.6) is 5.75 Å². The van der Waals surface area contributed by atoms with Crippen LogP contribution in [-0.2, 0) is 11.2 Å². The van der Waals surface area contributed by atoms with Crippen LogP contribution in [0.1, 0.15) is 29.4 Å². The summed E-state index contributed by atoms with van der Waals surface area (Å²) in [4.78, 5) is 12.7. The first-order valence-electron chi connectivity index (χ1n) is 8.84. The van der Waals surface area contributed by atoms with Gasteiger partial charge in [-0.2, -0.15) is 11.8 Å². The third kappa shape index (κ3) is 4.60. The molecule has 0 bridgehead atoms. The predicted octanol–water partition coefficient (Wildman–Crippen LogP) is 3.20. The quantitative estimate of drug-likeness (QED) is 0.646. The van der Waals surface area contributed by atoms with Gasteiger partial charge in [0.2, 0.25) is 5.91 Å². The van der Waals surface area contributed by atoms with Crippen LogP contribution in [0, 0.1) is 6.92 Å². The van der Waals surface area contributed by atoms with Crippen LogP contribution in [0.2, 0.25) is 0 Å². The van der Waals surface area contributed by atoms with Crippen LogP contribution in [0.15, 0.2) is 42.6 Å². The Bertz CT molecular complexity index is 925. The molecule has 0 spiro atoms. The van der Waals surface area contributed by atoms with E-state index in [0.717, 1.165) is 40.5 Å². The lowest BCUT2D eigenvalue weighted by molar-refractivity contribution is -0.121. The fourth-order valence-electron chi connectivity index (χ4n) is 3.00. The van der Waals surface area contributed by atoms with Crippen molar-refractivity contribution in [2.75, 3.05) is 19.1 Å². The van der Waals surface area contributed by atoms with Gasteiger partial charge >= 0.3 is 0 Å². The van der Waals surface area contributed by atoms with Gasteiger partial charge in [-0.3, -0.25) is 9.20 Å². The Morgan fingerprint density at radius 2 is 2.15 bits per heavy atom. The molecule has 0 saturated carbocycles. The molecule has 0 radical (unpaired) electrons. The van der Waals surface area contributed by atoms with E-state index < -0.39 is 0 Å². The third-order valence-corrected chi connectivity index (χ3v) is 5.08. The van der Waals surface area contributed by atoms with E-state index in [0.29, 0.717) is 6.42 Å². The van der Waals surface area contributed by atoms with Gasteiger partial charge in [0.1, 0.15) is 5.75 Å². The Morgan fingerprint density at radius 1 is 1.30 bits per heavy atom. The van der Waals surface area contributed by atoms with Crippen LogP contribution in [0.25, 0.3) is 5.65 Å². The maximum absolute atomic E-state index is 12.7. The SMILES string of the molecule is COc1cc(CC(=O)NC(CCSC)c2nnc3ccccn23)ccc1C. The number of thioether (sulfide) groups is 1. The molecular formula is C20H24N4O2S. The van der Waals surface area contributed by atoms with Gasteiger partial charge in [-0.05, 0) is 54.7 Å². The minimum absolute atomic E-state index is 0.0420. The zero-order valence-corrected chi connectivity index (χ0v) is 16.6. The fourth-order valence-corrected chi connectivity index (χ4v) is 3.48. The first-order valence-corrected chi connectivity index (χ1v) is 10.2. The summed E-state index contributed by atoms with van der Waals surface area (Å²) in [7, 11) is 1.64. The highest BCUT2D eigenvalue weighted by atomic mass is 32.2. The van der Waals surface area contributed by atoms with E-state index in [9.17, 15) is 4.79 Å². The maximum atomic E-state index is 12.7. The van der Waals surface area contributed by atoms with Crippen molar-refractivity contribution < 1.29 is 9.53 Å². The highest BCUT2D eigenvalue weighted by Crippen LogP contribution is 2.21. The van der Waals surface area contributed by atoms with E-state index in [1.54, 1.807) is 18.9 Å². The van der Waals surface area contributed by atoms with Crippen molar-refractivity contribution in [2.45, 2.75) is 25.8 Å². The number of carbonyl (C=O) groups is 1. The standard InChI is InChI=1S/C20H24N4O2S/c1-14-7-8-15(12-17(14)26-2)13-19(25)21-16(9-11-27-3)20-23-22-18-6-4-5-10-24(18)20/h4-8,10,12,16H,9,11,13H2,1-3H3,(H,21,25). The van der Waals surface area contributed by atoms with Gasteiger partial charge in [0, 0.05) is 6.20 Å². The second-order valence-electron chi connectivity index (χ2n) is 6.37. The number of rotatable bonds is 8. The molecule has 27 heavy (non-hydrogen) atoms. The van der Waals surface area contributed by atoms with E-state index in [2.05, 4.69) is 21.8 Å². The molecule has 0 aliphatic rings. The average Bonchev–Trinajstić information content (AvgIpc) is 3.10. The van der Waals surface area contributed by atoms with E-state index in [4.69, 9.17) is 4.74 Å². The second kappa shape index (κ2) is 8.90. The van der Waals surface area contributed by atoms with Gasteiger partial charge < -0.3 is 10.1 Å². The highest BCUT2D eigenvalue weighted by Gasteiger charge is 2.20. The molecule has 0 aliphatic carbocycles. The molecule has 1 amide bonds. The minimum atomic E-state index is -0.185. The van der Waals surface area contributed by atoms with Gasteiger partial charge in [-0.15, -0.1) is 10.2 Å². The number of aromatic nitrogens is 3. The van der Waals surface area contributed by atoms with Gasteiger partial charge in [-0.1, -0.05) is 18.2 Å². The second-order valence-corrected chi connectivity index (χ2v) is 7.35. The smallest absolute Gasteiger partial charge is 0.225 e. The monoisotopic (exact) mass is 384 g/mol. The Morgan fingerprint density at radius 3 is 2.93 bits per heavy atom. The lowest BCUT2D eigenvalue weighted by atomic mass is 10.1. The number of carbonyl (C=O) groups excluding carboxylic acids is 1. The maximum Gasteiger partial charge on any atom is 0.225 e. The molecule has 1 N–H and O–H groups in total. The van der Waals surface area contributed by atoms with Gasteiger partial charge in [0.05, 0.1) is 19.6 Å². The molecule has 1 unspecified atom stereocenters. The fraction of sp³-hybridized carbons (Fsp3) is 0.350. The summed E-state index contributed by atoms with van der Waals surface area (Å²) < 4.78 is 7.28. The summed E-state index contributed by atoms with van der Waals surface area (Å²) in [5.41, 5.74) is 2.75. The number of benzene rings is 1. The van der Waals surface area contributed by atoms with Crippen LogP contribution >= 0.6 is 11.8 Å². The molecule has 7 heteroatoms. The number of hydrogen-bond acceptors (Lipinski definition) is 5. The number of pyridine rings is 1. The molecule has 0 fully saturated rings. The molecule has 0 saturated heterocycles. The molecule has 1 aromatic carbocycles. The largest absolute Gasteiger partial charge is 0.496 e. The Labute approximate surface area is 163 Å². The number of hydrogen-bond donors (Lipinski definition) is 1. The average molecular weight is 385 g/mol. The molecular weight excluding hydrogens is 360 g/mol. The van der Waals surface area contributed by atoms with Crippen molar-refractivity contribution >= 4 is 23.3 Å². The van der Waals surface area contributed by atoms with E-state index in [1.165, 1.54) is 0 Å². The zero-order chi connectivity index (χ0) is 19.2. The Hall–Kier alpha value is -2.54. The normalized spacial score (nSPS) is 12.1. The topological polar surface area (TPSA) is 68.5 Å². The molecule has 3 rings (SSSR count). The molecule has 3 aromatic rings. The van der Waals surface area contributed by atoms with Crippen LogP contribution in [0.4, 0.5) is 0 Å². The summed E-state index contributed by atoms with van der Waals surface area (Å²) in [6.07, 6.45) is 5.07. The summed E-state index contributed by atoms with van der Waals surface area (Å²) in [6.45, 7) is 1.98. The molecule has 0 aliphatic heterocycles. The number of nitrogens with zero attached hydrogens (tertiary/aromatic N) is 3. The Balaban J connectivity index is 1.77. The van der Waals surface area contributed by atoms with Crippen molar-refractivity contribution in [2.24, 2.45) is 0 Å². The minimum Gasteiger partial charge on any atom is -0.496 e. The number of nitrogens with one attached hydrogen (secondary N) is 1. The van der Waals surface area contributed by atoms with Crippen LogP contribution in [-0.4, -0.2) is 39.6 Å². The summed E-state index contributed by atoms with van der Waals surface area (Å²) >= 11 is 1.74. The predicted molar refractivity (Wildman–Crippen MR) is 108 cm³/mol. The third-order valence-electron chi connectivity index (χ3n) is 4.43. The van der Waals surface area contributed by atoms with Gasteiger partial charge in [0.25, 0.3) is 0 Å². The number of amides is 1. The van der Waals surface area contributed by atoms with Gasteiger partial charge in [0.15, 0.2) is 11.5 Å². The van der Waals surface area contributed by atoms with E-state index in [-0.39, 0.29) is 11.9 Å². The molecule has 2 aromatic heterocycles. The van der Waals surface area contributed by atoms with Crippen LogP contribution < -0.4 is 10.1 Å². The van der Waals surface area contributed by atoms with Crippen molar-refractivity contribution in [3.8, 4) is 5.75 Å². The van der Waals surface area contributed by atoms with E-state index >= 15 is 0 Å². The van der Waals surface area contributed by atoms with Crippen LogP contribution in [0.3, 0.4) is 0 Å². The molecule has 142 valence electrons. The highest BCUT2D eigenvalue weighted by molar-refractivity contribution is 7.98. The molecule has 2 heterocycles. The number of aryl methyl sites for hydroxylation is 1. The Kier molecular flexibility index (Phi) is 6.34. The first kappa shape index (κ1) is 19.2. The van der Waals surface area contributed by atoms with E-state index in [1.807, 2.05) is 53.9 Å². The van der Waals surface area contributed by atoms with Gasteiger partial charge in [-0.25, -0.2) is 0 Å². The van der Waals surface area contributed by atoms with Crippen molar-refractivity contribution in [3.63, 3.8) is 0 Å². The van der Waals surface area contributed by atoms with Crippen molar-refractivity contribution in [1.29, 1.82) is 0 Å². The van der Waals surface area contributed by atoms with Crippen molar-refractivity contribution in [3.05, 3.63) is 59.5 Å². The summed E-state index contributed by atoms with van der Waals surface area (Å²) in [6, 6.07) is 11.4. The lowest BCUT2D eigenvalue weighted by Gasteiger charge is -2.17. The molecule has 6 nitrogen and oxygen atoms in total.